The Labute approximate surface area is 199 Å². The van der Waals surface area contributed by atoms with Gasteiger partial charge >= 0.3 is 5.97 Å². The molecule has 1 heterocycles. The van der Waals surface area contributed by atoms with Crippen molar-refractivity contribution in [3.05, 3.63) is 126 Å². The van der Waals surface area contributed by atoms with Crippen molar-refractivity contribution in [3.8, 4) is 0 Å². The fraction of sp³-hybridized carbons (Fsp3) is 0.111. The second-order valence-corrected chi connectivity index (χ2v) is 9.34. The Balaban J connectivity index is 1.58. The molecule has 172 valence electrons. The third kappa shape index (κ3) is 5.00. The molecule has 0 bridgehead atoms. The third-order valence-corrected chi connectivity index (χ3v) is 7.21. The van der Waals surface area contributed by atoms with Crippen LogP contribution in [-0.4, -0.2) is 25.9 Å². The van der Waals surface area contributed by atoms with Crippen molar-refractivity contribution in [1.82, 2.24) is 4.98 Å². The lowest BCUT2D eigenvalue weighted by Crippen LogP contribution is -2.30. The van der Waals surface area contributed by atoms with Crippen LogP contribution in [0.25, 0.3) is 0 Å². The van der Waals surface area contributed by atoms with E-state index < -0.39 is 22.1 Å². The van der Waals surface area contributed by atoms with Crippen LogP contribution in [0.4, 0.5) is 5.69 Å². The van der Waals surface area contributed by atoms with Gasteiger partial charge in [0.15, 0.2) is 6.10 Å². The van der Waals surface area contributed by atoms with Crippen molar-refractivity contribution < 1.29 is 17.9 Å². The van der Waals surface area contributed by atoms with Crippen molar-refractivity contribution in [2.24, 2.45) is 0 Å². The van der Waals surface area contributed by atoms with Crippen molar-refractivity contribution >= 4 is 21.7 Å². The van der Waals surface area contributed by atoms with Gasteiger partial charge in [-0.2, -0.15) is 0 Å². The number of hydrogen-bond acceptors (Lipinski definition) is 5. The topological polar surface area (TPSA) is 76.6 Å². The van der Waals surface area contributed by atoms with Gasteiger partial charge in [-0.1, -0.05) is 54.6 Å². The van der Waals surface area contributed by atoms with E-state index in [1.54, 1.807) is 49.5 Å². The molecule has 0 fully saturated rings. The second-order valence-electron chi connectivity index (χ2n) is 7.48. The normalized spacial score (nSPS) is 12.0. The zero-order valence-corrected chi connectivity index (χ0v) is 19.4. The van der Waals surface area contributed by atoms with E-state index in [4.69, 9.17) is 4.74 Å². The molecule has 3 aromatic carbocycles. The van der Waals surface area contributed by atoms with E-state index in [2.05, 4.69) is 4.98 Å². The first-order valence-electron chi connectivity index (χ1n) is 10.9. The Morgan fingerprint density at radius 3 is 2.06 bits per heavy atom. The highest BCUT2D eigenvalue weighted by Gasteiger charge is 2.25. The Hall–Kier alpha value is -3.97. The molecule has 0 saturated heterocycles. The summed E-state index contributed by atoms with van der Waals surface area (Å²) in [6.45, 7) is 2.05. The zero-order valence-electron chi connectivity index (χ0n) is 18.6. The van der Waals surface area contributed by atoms with E-state index in [0.717, 1.165) is 5.56 Å². The number of aromatic nitrogens is 1. The van der Waals surface area contributed by atoms with Crippen molar-refractivity contribution in [2.75, 3.05) is 10.8 Å². The Morgan fingerprint density at radius 1 is 0.853 bits per heavy atom. The zero-order chi connectivity index (χ0) is 24.0. The van der Waals surface area contributed by atoms with E-state index >= 15 is 0 Å². The quantitative estimate of drug-likeness (QED) is 0.328. The molecule has 1 unspecified atom stereocenters. The lowest BCUT2D eigenvalue weighted by Gasteiger charge is -2.23. The summed E-state index contributed by atoms with van der Waals surface area (Å²) in [5.41, 5.74) is 2.21. The molecular weight excluding hydrogens is 448 g/mol. The summed E-state index contributed by atoms with van der Waals surface area (Å²) in [6.07, 6.45) is 0.956. The number of carbonyl (C=O) groups is 1. The first-order chi connectivity index (χ1) is 16.5. The van der Waals surface area contributed by atoms with Crippen LogP contribution < -0.4 is 4.31 Å². The van der Waals surface area contributed by atoms with Crippen LogP contribution in [0, 0.1) is 0 Å². The maximum Gasteiger partial charge on any atom is 0.339 e. The highest BCUT2D eigenvalue weighted by Crippen LogP contribution is 2.27. The molecule has 0 aliphatic carbocycles. The molecule has 0 aliphatic heterocycles. The van der Waals surface area contributed by atoms with Crippen LogP contribution >= 0.6 is 0 Å². The van der Waals surface area contributed by atoms with Crippen LogP contribution in [0.3, 0.4) is 0 Å². The minimum Gasteiger partial charge on any atom is -0.447 e. The Morgan fingerprint density at radius 2 is 1.47 bits per heavy atom. The number of nitrogens with zero attached hydrogens (tertiary/aromatic N) is 2. The average molecular weight is 473 g/mol. The molecule has 0 saturated carbocycles. The SMILES string of the molecule is CCN(c1ccccc1)S(=O)(=O)c1ccc(C(=O)OC(c2ccccc2)c2ccccn2)cc1. The number of sulfonamides is 1. The average Bonchev–Trinajstić information content (AvgIpc) is 2.89. The lowest BCUT2D eigenvalue weighted by atomic mass is 10.1. The minimum atomic E-state index is -3.78. The summed E-state index contributed by atoms with van der Waals surface area (Å²) in [7, 11) is -3.78. The highest BCUT2D eigenvalue weighted by atomic mass is 32.2. The second kappa shape index (κ2) is 10.3. The monoisotopic (exact) mass is 472 g/mol. The molecule has 6 nitrogen and oxygen atoms in total. The maximum atomic E-state index is 13.2. The summed E-state index contributed by atoms with van der Waals surface area (Å²) in [4.78, 5) is 17.4. The molecule has 0 amide bonds. The number of ether oxygens (including phenoxy) is 1. The number of anilines is 1. The Kier molecular flexibility index (Phi) is 7.04. The maximum absolute atomic E-state index is 13.2. The van der Waals surface area contributed by atoms with Crippen molar-refractivity contribution in [1.29, 1.82) is 0 Å². The van der Waals surface area contributed by atoms with Gasteiger partial charge in [0.2, 0.25) is 0 Å². The first kappa shape index (κ1) is 23.2. The van der Waals surface area contributed by atoms with Crippen LogP contribution in [0.1, 0.15) is 34.6 Å². The largest absolute Gasteiger partial charge is 0.447 e. The van der Waals surface area contributed by atoms with Gasteiger partial charge in [-0.25, -0.2) is 13.2 Å². The van der Waals surface area contributed by atoms with Gasteiger partial charge < -0.3 is 4.74 Å². The molecule has 0 radical (unpaired) electrons. The van der Waals surface area contributed by atoms with E-state index in [1.165, 1.54) is 28.6 Å². The summed E-state index contributed by atoms with van der Waals surface area (Å²) in [5.74, 6) is -0.570. The van der Waals surface area contributed by atoms with Gasteiger partial charge in [0.05, 0.1) is 21.8 Å². The van der Waals surface area contributed by atoms with Crippen LogP contribution in [0.15, 0.2) is 114 Å². The van der Waals surface area contributed by atoms with Gasteiger partial charge in [-0.3, -0.25) is 9.29 Å². The number of esters is 1. The predicted molar refractivity (Wildman–Crippen MR) is 131 cm³/mol. The number of carbonyl (C=O) groups excluding carboxylic acids is 1. The standard InChI is InChI=1S/C27H24N2O4S/c1-2-29(23-13-7-4-8-14-23)34(31,32)24-18-16-22(17-19-24)27(30)33-26(21-11-5-3-6-12-21)25-15-9-10-20-28-25/h3-20,26H,2H2,1H3. The molecule has 34 heavy (non-hydrogen) atoms. The molecule has 1 atom stereocenters. The van der Waals surface area contributed by atoms with E-state index in [-0.39, 0.29) is 17.0 Å². The van der Waals surface area contributed by atoms with Crippen molar-refractivity contribution in [3.63, 3.8) is 0 Å². The number of para-hydroxylation sites is 1. The molecule has 1 aromatic heterocycles. The molecule has 0 N–H and O–H groups in total. The summed E-state index contributed by atoms with van der Waals surface area (Å²) >= 11 is 0. The molecule has 7 heteroatoms. The van der Waals surface area contributed by atoms with Crippen LogP contribution in [0.2, 0.25) is 0 Å². The summed E-state index contributed by atoms with van der Waals surface area (Å²) < 4.78 is 33.5. The molecule has 4 aromatic rings. The number of hydrogen-bond donors (Lipinski definition) is 0. The molecule has 0 aliphatic rings. The van der Waals surface area contributed by atoms with Gasteiger partial charge in [0, 0.05) is 12.7 Å². The molecule has 4 rings (SSSR count). The summed E-state index contributed by atoms with van der Waals surface area (Å²) in [5, 5.41) is 0. The fourth-order valence-corrected chi connectivity index (χ4v) is 5.08. The molecule has 0 spiro atoms. The smallest absolute Gasteiger partial charge is 0.339 e. The van der Waals surface area contributed by atoms with Crippen LogP contribution in [0.5, 0.6) is 0 Å². The lowest BCUT2D eigenvalue weighted by molar-refractivity contribution is 0.0370. The molecular formula is C27H24N2O4S. The predicted octanol–water partition coefficient (Wildman–Crippen LogP) is 5.24. The van der Waals surface area contributed by atoms with Gasteiger partial charge in [-0.05, 0) is 61.0 Å². The minimum absolute atomic E-state index is 0.0964. The first-order valence-corrected chi connectivity index (χ1v) is 12.3. The number of rotatable bonds is 8. The number of benzene rings is 3. The number of pyridine rings is 1. The van der Waals surface area contributed by atoms with Crippen molar-refractivity contribution in [2.45, 2.75) is 17.9 Å². The fourth-order valence-electron chi connectivity index (χ4n) is 3.61. The van der Waals surface area contributed by atoms with E-state index in [0.29, 0.717) is 11.4 Å². The van der Waals surface area contributed by atoms with E-state index in [1.807, 2.05) is 42.5 Å². The Bertz CT molecular complexity index is 1290. The van der Waals surface area contributed by atoms with Gasteiger partial charge in [-0.15, -0.1) is 0 Å². The third-order valence-electron chi connectivity index (χ3n) is 5.29. The van der Waals surface area contributed by atoms with E-state index in [9.17, 15) is 13.2 Å². The summed E-state index contributed by atoms with van der Waals surface area (Å²) in [6, 6.07) is 29.5. The van der Waals surface area contributed by atoms with Crippen LogP contribution in [-0.2, 0) is 14.8 Å². The highest BCUT2D eigenvalue weighted by molar-refractivity contribution is 7.92. The van der Waals surface area contributed by atoms with Gasteiger partial charge in [0.25, 0.3) is 10.0 Å². The van der Waals surface area contributed by atoms with Gasteiger partial charge in [0.1, 0.15) is 0 Å².